The maximum Gasteiger partial charge on any atom is 0.138 e. The molecule has 1 atom stereocenters. The second kappa shape index (κ2) is 15.3. The average molecular weight is 456 g/mol. The predicted molar refractivity (Wildman–Crippen MR) is 142 cm³/mol. The number of carbonyl (C=O) groups is 1. The summed E-state index contributed by atoms with van der Waals surface area (Å²) < 4.78 is 0. The van der Waals surface area contributed by atoms with E-state index in [2.05, 4.69) is 48.0 Å². The van der Waals surface area contributed by atoms with Gasteiger partial charge >= 0.3 is 0 Å². The van der Waals surface area contributed by atoms with E-state index < -0.39 is 0 Å². The first-order chi connectivity index (χ1) is 15.9. The van der Waals surface area contributed by atoms with Crippen LogP contribution in [-0.2, 0) is 4.79 Å². The molecule has 4 nitrogen and oxygen atoms in total. The Balaban J connectivity index is 0.000000294. The zero-order valence-electron chi connectivity index (χ0n) is 21.7. The summed E-state index contributed by atoms with van der Waals surface area (Å²) in [6, 6.07) is 0. The first-order valence-electron chi connectivity index (χ1n) is 13.4. The zero-order chi connectivity index (χ0) is 24.1. The highest BCUT2D eigenvalue weighted by Crippen LogP contribution is 2.26. The Morgan fingerprint density at radius 1 is 1.03 bits per heavy atom. The summed E-state index contributed by atoms with van der Waals surface area (Å²) in [5.74, 6) is 3.04. The van der Waals surface area contributed by atoms with Gasteiger partial charge in [0.2, 0.25) is 0 Å². The molecule has 186 valence electrons. The van der Waals surface area contributed by atoms with Gasteiger partial charge in [-0.3, -0.25) is 9.79 Å². The fourth-order valence-corrected chi connectivity index (χ4v) is 5.00. The van der Waals surface area contributed by atoms with E-state index >= 15 is 0 Å². The van der Waals surface area contributed by atoms with E-state index in [9.17, 15) is 4.79 Å². The van der Waals surface area contributed by atoms with Crippen LogP contribution in [0.3, 0.4) is 0 Å². The van der Waals surface area contributed by atoms with Crippen molar-refractivity contribution in [3.05, 3.63) is 36.1 Å². The van der Waals surface area contributed by atoms with Crippen LogP contribution in [0.4, 0.5) is 0 Å². The summed E-state index contributed by atoms with van der Waals surface area (Å²) in [6.45, 7) is 12.9. The number of nitrogens with two attached hydrogens (primary N) is 1. The van der Waals surface area contributed by atoms with Gasteiger partial charge in [0.25, 0.3) is 0 Å². The Morgan fingerprint density at radius 2 is 1.73 bits per heavy atom. The molecule has 1 heterocycles. The van der Waals surface area contributed by atoms with E-state index in [-0.39, 0.29) is 5.92 Å². The topological polar surface area (TPSA) is 58.7 Å². The number of hydrogen-bond donors (Lipinski definition) is 1. The van der Waals surface area contributed by atoms with Crippen molar-refractivity contribution in [2.75, 3.05) is 26.2 Å². The highest BCUT2D eigenvalue weighted by Gasteiger charge is 2.23. The number of carbonyl (C=O) groups excluding carboxylic acids is 1. The summed E-state index contributed by atoms with van der Waals surface area (Å²) in [5.41, 5.74) is 6.76. The molecule has 2 aliphatic carbocycles. The molecule has 1 saturated carbocycles. The third-order valence-electron chi connectivity index (χ3n) is 7.31. The first-order valence-corrected chi connectivity index (χ1v) is 13.4. The van der Waals surface area contributed by atoms with Crippen LogP contribution in [0.15, 0.2) is 41.1 Å². The van der Waals surface area contributed by atoms with Gasteiger partial charge in [-0.05, 0) is 74.7 Å². The van der Waals surface area contributed by atoms with Gasteiger partial charge in [-0.2, -0.15) is 0 Å². The molecule has 33 heavy (non-hydrogen) atoms. The second-order valence-corrected chi connectivity index (χ2v) is 10.8. The molecule has 0 spiro atoms. The van der Waals surface area contributed by atoms with Crippen molar-refractivity contribution in [1.82, 2.24) is 4.90 Å². The molecule has 1 unspecified atom stereocenters. The molecule has 0 radical (unpaired) electrons. The van der Waals surface area contributed by atoms with Crippen molar-refractivity contribution in [3.8, 4) is 0 Å². The van der Waals surface area contributed by atoms with Crippen molar-refractivity contribution in [1.29, 1.82) is 0 Å². The molecule has 4 heteroatoms. The number of ketones is 1. The van der Waals surface area contributed by atoms with E-state index in [1.165, 1.54) is 58.2 Å². The molecule has 2 N–H and O–H groups in total. The summed E-state index contributed by atoms with van der Waals surface area (Å²) in [7, 11) is 0. The Morgan fingerprint density at radius 3 is 2.27 bits per heavy atom. The van der Waals surface area contributed by atoms with Gasteiger partial charge in [-0.1, -0.05) is 71.3 Å². The molecule has 3 rings (SSSR count). The molecule has 3 aliphatic rings. The van der Waals surface area contributed by atoms with Crippen LogP contribution >= 0.6 is 0 Å². The summed E-state index contributed by atoms with van der Waals surface area (Å²) in [6.07, 6.45) is 22.5. The Hall–Kier alpha value is -1.68. The molecule has 0 aromatic rings. The third-order valence-corrected chi connectivity index (χ3v) is 7.31. The molecule has 2 fully saturated rings. The molecule has 0 amide bonds. The number of allylic oxidation sites excluding steroid dienone is 4. The van der Waals surface area contributed by atoms with Gasteiger partial charge in [0.05, 0.1) is 0 Å². The quantitative estimate of drug-likeness (QED) is 0.444. The number of likely N-dealkylation sites (tertiary alicyclic amines) is 1. The third kappa shape index (κ3) is 10.4. The maximum absolute atomic E-state index is 11.5. The van der Waals surface area contributed by atoms with Crippen LogP contribution < -0.4 is 5.73 Å². The van der Waals surface area contributed by atoms with Crippen LogP contribution in [-0.4, -0.2) is 43.1 Å². The fraction of sp³-hybridized carbons (Fsp3) is 0.724. The van der Waals surface area contributed by atoms with Crippen molar-refractivity contribution in [2.45, 2.75) is 79.1 Å². The Labute approximate surface area is 203 Å². The minimum atomic E-state index is 0.248. The van der Waals surface area contributed by atoms with Crippen LogP contribution in [0, 0.1) is 29.6 Å². The van der Waals surface area contributed by atoms with Gasteiger partial charge in [0.1, 0.15) is 5.78 Å². The SMILES string of the molecule is CC(C)/C(C=NCC1CCN(CC2C=CC=CC2)CC1)=C/N.CC(C)C(=O)C1CCCCC1. The minimum absolute atomic E-state index is 0.248. The first kappa shape index (κ1) is 27.6. The van der Waals surface area contributed by atoms with Crippen LogP contribution in [0.1, 0.15) is 79.1 Å². The lowest BCUT2D eigenvalue weighted by Crippen LogP contribution is -2.37. The van der Waals surface area contributed by atoms with E-state index in [1.54, 1.807) is 6.20 Å². The zero-order valence-corrected chi connectivity index (χ0v) is 21.7. The highest BCUT2D eigenvalue weighted by molar-refractivity contribution is 5.82. The largest absolute Gasteiger partial charge is 0.404 e. The van der Waals surface area contributed by atoms with Crippen molar-refractivity contribution in [2.24, 2.45) is 40.3 Å². The second-order valence-electron chi connectivity index (χ2n) is 10.8. The van der Waals surface area contributed by atoms with Gasteiger partial charge in [-0.25, -0.2) is 0 Å². The van der Waals surface area contributed by atoms with Crippen LogP contribution in [0.2, 0.25) is 0 Å². The lowest BCUT2D eigenvalue weighted by atomic mass is 9.83. The van der Waals surface area contributed by atoms with Crippen LogP contribution in [0.25, 0.3) is 0 Å². The number of hydrogen-bond acceptors (Lipinski definition) is 4. The Bertz CT molecular complexity index is 675. The standard InChI is InChI=1S/C19H31N3.C10H18O/c1-16(2)19(12-20)14-21-13-17-8-10-22(11-9-17)15-18-6-4-3-5-7-18;1-8(2)10(11)9-6-4-3-5-7-9/h3-6,12,14,16-18H,7-11,13,15,20H2,1-2H3;8-9H,3-7H2,1-2H3/b19-12+,21-14?;. The fourth-order valence-electron chi connectivity index (χ4n) is 5.00. The van der Waals surface area contributed by atoms with E-state index in [0.29, 0.717) is 23.5 Å². The summed E-state index contributed by atoms with van der Waals surface area (Å²) in [5, 5.41) is 0. The van der Waals surface area contributed by atoms with E-state index in [0.717, 1.165) is 30.9 Å². The van der Waals surface area contributed by atoms with Crippen molar-refractivity contribution in [3.63, 3.8) is 0 Å². The van der Waals surface area contributed by atoms with Crippen LogP contribution in [0.5, 0.6) is 0 Å². The summed E-state index contributed by atoms with van der Waals surface area (Å²) >= 11 is 0. The van der Waals surface area contributed by atoms with Gasteiger partial charge < -0.3 is 10.6 Å². The maximum atomic E-state index is 11.5. The van der Waals surface area contributed by atoms with Gasteiger partial charge in [0.15, 0.2) is 0 Å². The lowest BCUT2D eigenvalue weighted by molar-refractivity contribution is -0.126. The highest BCUT2D eigenvalue weighted by atomic mass is 16.1. The molecular formula is C29H49N3O. The predicted octanol–water partition coefficient (Wildman–Crippen LogP) is 6.19. The molecule has 1 aliphatic heterocycles. The monoisotopic (exact) mass is 455 g/mol. The molecule has 0 aromatic carbocycles. The average Bonchev–Trinajstić information content (AvgIpc) is 2.83. The molecule has 0 aromatic heterocycles. The van der Waals surface area contributed by atoms with Crippen molar-refractivity contribution >= 4 is 12.0 Å². The Kier molecular flexibility index (Phi) is 12.8. The van der Waals surface area contributed by atoms with E-state index in [4.69, 9.17) is 5.73 Å². The van der Waals surface area contributed by atoms with Crippen molar-refractivity contribution < 1.29 is 4.79 Å². The molecular weight excluding hydrogens is 406 g/mol. The summed E-state index contributed by atoms with van der Waals surface area (Å²) in [4.78, 5) is 18.7. The van der Waals surface area contributed by atoms with Gasteiger partial charge in [-0.15, -0.1) is 0 Å². The molecule has 0 bridgehead atoms. The lowest BCUT2D eigenvalue weighted by Gasteiger charge is -2.33. The van der Waals surface area contributed by atoms with Gasteiger partial charge in [0, 0.05) is 31.1 Å². The normalized spacial score (nSPS) is 23.3. The number of piperidine rings is 1. The van der Waals surface area contributed by atoms with E-state index in [1.807, 2.05) is 20.1 Å². The minimum Gasteiger partial charge on any atom is -0.404 e. The number of rotatable bonds is 8. The molecule has 1 saturated heterocycles. The number of nitrogens with zero attached hydrogens (tertiary/aromatic N) is 2. The number of aliphatic imine (C=N–C) groups is 1. The smallest absolute Gasteiger partial charge is 0.138 e. The number of Topliss-reactive ketones (excluding diaryl/α,β-unsaturated/α-hetero) is 1.